The summed E-state index contributed by atoms with van der Waals surface area (Å²) in [6, 6.07) is 11.9. The maximum Gasteiger partial charge on any atom is 0.290 e. The van der Waals surface area contributed by atoms with Gasteiger partial charge < -0.3 is 15.2 Å². The lowest BCUT2D eigenvalue weighted by Crippen LogP contribution is -2.51. The third-order valence-electron chi connectivity index (χ3n) is 5.86. The molecule has 2 fully saturated rings. The maximum atomic E-state index is 12.0. The molecule has 5 nitrogen and oxygen atoms in total. The highest BCUT2D eigenvalue weighted by Crippen LogP contribution is 2.30. The van der Waals surface area contributed by atoms with Gasteiger partial charge in [0.25, 0.3) is 5.56 Å². The number of anilines is 1. The SMILES string of the molecule is O=c1[nH]ccnc1N1CCCC(NC2CCCC2Cc2ccccc2)C1. The Hall–Kier alpha value is -2.14. The fourth-order valence-corrected chi connectivity index (χ4v) is 4.59. The smallest absolute Gasteiger partial charge is 0.290 e. The molecular formula is C21H28N4O. The molecule has 1 saturated carbocycles. The quantitative estimate of drug-likeness (QED) is 0.869. The minimum absolute atomic E-state index is 0.0871. The van der Waals surface area contributed by atoms with Crippen LogP contribution in [-0.4, -0.2) is 35.1 Å². The number of hydrogen-bond donors (Lipinski definition) is 2. The Morgan fingerprint density at radius 2 is 2.04 bits per heavy atom. The number of nitrogens with zero attached hydrogens (tertiary/aromatic N) is 2. The summed E-state index contributed by atoms with van der Waals surface area (Å²) in [6.45, 7) is 1.78. The van der Waals surface area contributed by atoms with Crippen molar-refractivity contribution in [1.82, 2.24) is 15.3 Å². The minimum atomic E-state index is -0.0871. The van der Waals surface area contributed by atoms with Crippen molar-refractivity contribution in [3.05, 3.63) is 58.6 Å². The summed E-state index contributed by atoms with van der Waals surface area (Å²) in [6.07, 6.45) is 10.6. The lowest BCUT2D eigenvalue weighted by molar-refractivity contribution is 0.323. The van der Waals surface area contributed by atoms with Gasteiger partial charge in [-0.05, 0) is 43.6 Å². The van der Waals surface area contributed by atoms with Crippen LogP contribution >= 0.6 is 0 Å². The summed E-state index contributed by atoms with van der Waals surface area (Å²) < 4.78 is 0. The van der Waals surface area contributed by atoms with Gasteiger partial charge in [0, 0.05) is 37.6 Å². The average molecular weight is 352 g/mol. The molecule has 1 aliphatic heterocycles. The van der Waals surface area contributed by atoms with Crippen LogP contribution in [0.1, 0.15) is 37.7 Å². The van der Waals surface area contributed by atoms with E-state index in [-0.39, 0.29) is 5.56 Å². The molecule has 2 aromatic rings. The Labute approximate surface area is 154 Å². The number of H-pyrrole nitrogens is 1. The number of rotatable bonds is 5. The molecule has 0 amide bonds. The molecule has 0 spiro atoms. The van der Waals surface area contributed by atoms with Crippen LogP contribution in [0.5, 0.6) is 0 Å². The van der Waals surface area contributed by atoms with Gasteiger partial charge in [0.2, 0.25) is 0 Å². The van der Waals surface area contributed by atoms with Crippen LogP contribution in [0.3, 0.4) is 0 Å². The zero-order valence-corrected chi connectivity index (χ0v) is 15.2. The van der Waals surface area contributed by atoms with Gasteiger partial charge in [-0.1, -0.05) is 36.8 Å². The van der Waals surface area contributed by atoms with Gasteiger partial charge in [0.1, 0.15) is 0 Å². The van der Waals surface area contributed by atoms with Gasteiger partial charge in [-0.2, -0.15) is 0 Å². The fourth-order valence-electron chi connectivity index (χ4n) is 4.59. The summed E-state index contributed by atoms with van der Waals surface area (Å²) in [5.74, 6) is 1.28. The second-order valence-electron chi connectivity index (χ2n) is 7.68. The maximum absolute atomic E-state index is 12.0. The molecular weight excluding hydrogens is 324 g/mol. The number of piperidine rings is 1. The standard InChI is InChI=1S/C21H28N4O/c26-21-20(22-11-12-23-21)25-13-5-9-18(15-25)24-19-10-4-8-17(19)14-16-6-2-1-3-7-16/h1-3,6-7,11-12,17-19,24H,4-5,8-10,13-15H2,(H,23,26). The molecule has 0 radical (unpaired) electrons. The summed E-state index contributed by atoms with van der Waals surface area (Å²) in [7, 11) is 0. The van der Waals surface area contributed by atoms with Crippen LogP contribution in [0.15, 0.2) is 47.5 Å². The lowest BCUT2D eigenvalue weighted by Gasteiger charge is -2.36. The van der Waals surface area contributed by atoms with Gasteiger partial charge in [-0.25, -0.2) is 4.98 Å². The van der Waals surface area contributed by atoms with Crippen LogP contribution in [0, 0.1) is 5.92 Å². The van der Waals surface area contributed by atoms with Crippen LogP contribution in [0.4, 0.5) is 5.82 Å². The van der Waals surface area contributed by atoms with Gasteiger partial charge >= 0.3 is 0 Å². The normalized spacial score (nSPS) is 26.2. The van der Waals surface area contributed by atoms with Crippen molar-refractivity contribution in [2.75, 3.05) is 18.0 Å². The molecule has 1 saturated heterocycles. The van der Waals surface area contributed by atoms with E-state index in [2.05, 4.69) is 50.5 Å². The van der Waals surface area contributed by atoms with Gasteiger partial charge in [0.15, 0.2) is 5.82 Å². The van der Waals surface area contributed by atoms with Crippen LogP contribution in [0.2, 0.25) is 0 Å². The molecule has 5 heteroatoms. The van der Waals surface area contributed by atoms with E-state index in [0.717, 1.165) is 25.9 Å². The van der Waals surface area contributed by atoms with E-state index < -0.39 is 0 Å². The second kappa shape index (κ2) is 8.04. The topological polar surface area (TPSA) is 61.0 Å². The van der Waals surface area contributed by atoms with Crippen molar-refractivity contribution in [3.8, 4) is 0 Å². The molecule has 1 aromatic carbocycles. The number of nitrogens with one attached hydrogen (secondary N) is 2. The zero-order valence-electron chi connectivity index (χ0n) is 15.2. The van der Waals surface area contributed by atoms with E-state index in [1.54, 1.807) is 12.4 Å². The predicted octanol–water partition coefficient (Wildman–Crippen LogP) is 2.74. The van der Waals surface area contributed by atoms with Crippen molar-refractivity contribution < 1.29 is 0 Å². The Morgan fingerprint density at radius 3 is 2.88 bits per heavy atom. The number of benzene rings is 1. The van der Waals surface area contributed by atoms with Crippen molar-refractivity contribution in [2.24, 2.45) is 5.92 Å². The lowest BCUT2D eigenvalue weighted by atomic mass is 9.93. The van der Waals surface area contributed by atoms with Gasteiger partial charge in [-0.15, -0.1) is 0 Å². The summed E-state index contributed by atoms with van der Waals surface area (Å²) >= 11 is 0. The molecule has 3 atom stereocenters. The number of hydrogen-bond acceptors (Lipinski definition) is 4. The van der Waals surface area contributed by atoms with E-state index in [9.17, 15) is 4.79 Å². The highest BCUT2D eigenvalue weighted by molar-refractivity contribution is 5.36. The Kier molecular flexibility index (Phi) is 5.34. The first-order valence-corrected chi connectivity index (χ1v) is 9.88. The molecule has 1 aliphatic carbocycles. The van der Waals surface area contributed by atoms with E-state index >= 15 is 0 Å². The molecule has 2 aliphatic rings. The summed E-state index contributed by atoms with van der Waals surface area (Å²) in [5.41, 5.74) is 1.35. The monoisotopic (exact) mass is 352 g/mol. The molecule has 0 bridgehead atoms. The first kappa shape index (κ1) is 17.3. The largest absolute Gasteiger partial charge is 0.350 e. The van der Waals surface area contributed by atoms with E-state index in [0.29, 0.717) is 23.8 Å². The Bertz CT molecular complexity index is 760. The van der Waals surface area contributed by atoms with Crippen molar-refractivity contribution in [2.45, 2.75) is 50.6 Å². The Balaban J connectivity index is 1.38. The molecule has 2 heterocycles. The van der Waals surface area contributed by atoms with Crippen LogP contribution in [0.25, 0.3) is 0 Å². The molecule has 2 N–H and O–H groups in total. The molecule has 138 valence electrons. The zero-order chi connectivity index (χ0) is 17.8. The summed E-state index contributed by atoms with van der Waals surface area (Å²) in [5, 5.41) is 3.93. The summed E-state index contributed by atoms with van der Waals surface area (Å²) in [4.78, 5) is 21.2. The Morgan fingerprint density at radius 1 is 1.15 bits per heavy atom. The molecule has 1 aromatic heterocycles. The average Bonchev–Trinajstić information content (AvgIpc) is 3.10. The van der Waals surface area contributed by atoms with Crippen molar-refractivity contribution in [1.29, 1.82) is 0 Å². The van der Waals surface area contributed by atoms with Gasteiger partial charge in [0.05, 0.1) is 0 Å². The third-order valence-corrected chi connectivity index (χ3v) is 5.86. The fraction of sp³-hybridized carbons (Fsp3) is 0.524. The van der Waals surface area contributed by atoms with Crippen LogP contribution < -0.4 is 15.8 Å². The second-order valence-corrected chi connectivity index (χ2v) is 7.68. The molecule has 3 unspecified atom stereocenters. The van der Waals surface area contributed by atoms with E-state index in [1.165, 1.54) is 31.2 Å². The first-order valence-electron chi connectivity index (χ1n) is 9.88. The van der Waals surface area contributed by atoms with E-state index in [4.69, 9.17) is 0 Å². The van der Waals surface area contributed by atoms with Gasteiger partial charge in [-0.3, -0.25) is 4.79 Å². The molecule has 26 heavy (non-hydrogen) atoms. The highest BCUT2D eigenvalue weighted by atomic mass is 16.1. The van der Waals surface area contributed by atoms with E-state index in [1.807, 2.05) is 0 Å². The first-order chi connectivity index (χ1) is 12.8. The third kappa shape index (κ3) is 3.98. The minimum Gasteiger partial charge on any atom is -0.350 e. The van der Waals surface area contributed by atoms with Crippen molar-refractivity contribution >= 4 is 5.82 Å². The molecule has 4 rings (SSSR count). The number of aromatic nitrogens is 2. The van der Waals surface area contributed by atoms with Crippen LogP contribution in [-0.2, 0) is 6.42 Å². The highest BCUT2D eigenvalue weighted by Gasteiger charge is 2.31. The van der Waals surface area contributed by atoms with Crippen molar-refractivity contribution in [3.63, 3.8) is 0 Å². The number of aromatic amines is 1. The predicted molar refractivity (Wildman–Crippen MR) is 105 cm³/mol.